The fraction of sp³-hybridized carbons (Fsp3) is 0.579. The summed E-state index contributed by atoms with van der Waals surface area (Å²) < 4.78 is 33.5. The van der Waals surface area contributed by atoms with Crippen molar-refractivity contribution in [2.45, 2.75) is 43.7 Å². The maximum atomic E-state index is 5.82. The second-order valence-corrected chi connectivity index (χ2v) is 6.53. The van der Waals surface area contributed by atoms with Crippen LogP contribution < -0.4 is 0 Å². The lowest BCUT2D eigenvalue weighted by atomic mass is 10.0. The highest BCUT2D eigenvalue weighted by molar-refractivity contribution is 5.21. The Morgan fingerprint density at radius 1 is 0.720 bits per heavy atom. The minimum Gasteiger partial charge on any atom is -0.498 e. The number of hydrogen-bond donors (Lipinski definition) is 0. The molecule has 0 aromatic heterocycles. The van der Waals surface area contributed by atoms with Crippen molar-refractivity contribution in [3.8, 4) is 0 Å². The monoisotopic (exact) mass is 348 g/mol. The van der Waals surface area contributed by atoms with Crippen LogP contribution in [0.15, 0.2) is 48.0 Å². The van der Waals surface area contributed by atoms with E-state index in [1.54, 1.807) is 0 Å². The smallest absolute Gasteiger partial charge is 0.200 e. The molecule has 2 heterocycles. The van der Waals surface area contributed by atoms with Gasteiger partial charge in [-0.05, 0) is 43.6 Å². The molecule has 2 aliphatic carbocycles. The summed E-state index contributed by atoms with van der Waals surface area (Å²) in [6.45, 7) is 2.13. The summed E-state index contributed by atoms with van der Waals surface area (Å²) in [5.74, 6) is 0.711. The van der Waals surface area contributed by atoms with E-state index in [-0.39, 0.29) is 0 Å². The van der Waals surface area contributed by atoms with Crippen molar-refractivity contribution in [3.63, 3.8) is 0 Å². The maximum Gasteiger partial charge on any atom is 0.200 e. The summed E-state index contributed by atoms with van der Waals surface area (Å²) in [6, 6.07) is 0. The molecule has 0 aromatic rings. The largest absolute Gasteiger partial charge is 0.498 e. The van der Waals surface area contributed by atoms with Crippen LogP contribution in [0.5, 0.6) is 0 Å². The van der Waals surface area contributed by atoms with Crippen molar-refractivity contribution >= 4 is 0 Å². The van der Waals surface area contributed by atoms with Gasteiger partial charge in [-0.15, -0.1) is 0 Å². The predicted octanol–water partition coefficient (Wildman–Crippen LogP) is 3.28. The molecule has 6 heteroatoms. The van der Waals surface area contributed by atoms with Gasteiger partial charge in [-0.2, -0.15) is 0 Å². The van der Waals surface area contributed by atoms with E-state index < -0.39 is 11.6 Å². The molecular formula is C19H24O6. The quantitative estimate of drug-likeness (QED) is 0.628. The van der Waals surface area contributed by atoms with Crippen LogP contribution >= 0.6 is 0 Å². The zero-order valence-corrected chi connectivity index (χ0v) is 14.3. The third-order valence-corrected chi connectivity index (χ3v) is 4.68. The molecule has 0 amide bonds. The molecule has 6 nitrogen and oxygen atoms in total. The summed E-state index contributed by atoms with van der Waals surface area (Å²) in [5.41, 5.74) is 0. The van der Waals surface area contributed by atoms with E-state index in [1.165, 1.54) is 0 Å². The number of rotatable bonds is 8. The van der Waals surface area contributed by atoms with Gasteiger partial charge in [-0.25, -0.2) is 0 Å². The highest BCUT2D eigenvalue weighted by Gasteiger charge is 2.40. The van der Waals surface area contributed by atoms with Gasteiger partial charge in [0.1, 0.15) is 11.5 Å². The molecule has 2 saturated heterocycles. The highest BCUT2D eigenvalue weighted by atomic mass is 16.9. The molecule has 0 unspecified atom stereocenters. The van der Waals surface area contributed by atoms with Gasteiger partial charge in [-0.1, -0.05) is 12.2 Å². The van der Waals surface area contributed by atoms with Crippen molar-refractivity contribution in [1.82, 2.24) is 0 Å². The normalized spacial score (nSPS) is 25.1. The lowest BCUT2D eigenvalue weighted by Crippen LogP contribution is -2.46. The minimum absolute atomic E-state index is 0.364. The summed E-state index contributed by atoms with van der Waals surface area (Å²) >= 11 is 0. The van der Waals surface area contributed by atoms with Gasteiger partial charge in [0.25, 0.3) is 0 Å². The van der Waals surface area contributed by atoms with Gasteiger partial charge >= 0.3 is 0 Å². The third kappa shape index (κ3) is 3.98. The van der Waals surface area contributed by atoms with E-state index in [9.17, 15) is 0 Å². The number of ether oxygens (including phenoxy) is 6. The van der Waals surface area contributed by atoms with E-state index in [0.717, 1.165) is 30.8 Å². The highest BCUT2D eigenvalue weighted by Crippen LogP contribution is 2.35. The first-order chi connectivity index (χ1) is 12.3. The summed E-state index contributed by atoms with van der Waals surface area (Å²) in [4.78, 5) is 0. The molecule has 25 heavy (non-hydrogen) atoms. The molecule has 136 valence electrons. The van der Waals surface area contributed by atoms with Crippen LogP contribution in [0.4, 0.5) is 0 Å². The summed E-state index contributed by atoms with van der Waals surface area (Å²) in [5, 5.41) is 0. The molecule has 0 N–H and O–H groups in total. The van der Waals surface area contributed by atoms with Gasteiger partial charge in [-0.3, -0.25) is 0 Å². The predicted molar refractivity (Wildman–Crippen MR) is 89.0 cm³/mol. The zero-order valence-electron chi connectivity index (χ0n) is 14.3. The molecule has 4 aliphatic rings. The molecule has 0 atom stereocenters. The molecule has 4 rings (SSSR count). The van der Waals surface area contributed by atoms with E-state index in [0.29, 0.717) is 39.6 Å². The second kappa shape index (κ2) is 7.33. The van der Waals surface area contributed by atoms with Crippen LogP contribution in [0.3, 0.4) is 0 Å². The minimum atomic E-state index is -0.564. The second-order valence-electron chi connectivity index (χ2n) is 6.53. The van der Waals surface area contributed by atoms with E-state index >= 15 is 0 Å². The Balaban J connectivity index is 1.06. The van der Waals surface area contributed by atoms with E-state index in [2.05, 4.69) is 0 Å². The fourth-order valence-electron chi connectivity index (χ4n) is 3.13. The van der Waals surface area contributed by atoms with Crippen LogP contribution in [-0.2, 0) is 28.4 Å². The van der Waals surface area contributed by atoms with Gasteiger partial charge in [0.05, 0.1) is 26.1 Å². The first kappa shape index (κ1) is 16.8. The van der Waals surface area contributed by atoms with Crippen LogP contribution in [0.1, 0.15) is 32.1 Å². The number of unbranched alkanes of at least 4 members (excludes halogenated alkanes) is 2. The van der Waals surface area contributed by atoms with Crippen LogP contribution in [0.2, 0.25) is 0 Å². The lowest BCUT2D eigenvalue weighted by molar-refractivity contribution is -0.373. The van der Waals surface area contributed by atoms with Crippen molar-refractivity contribution in [2.75, 3.05) is 26.8 Å². The van der Waals surface area contributed by atoms with Crippen LogP contribution in [0.25, 0.3) is 0 Å². The molecular weight excluding hydrogens is 324 g/mol. The molecule has 2 spiro atoms. The molecule has 0 bridgehead atoms. The fourth-order valence-corrected chi connectivity index (χ4v) is 3.13. The first-order valence-electron chi connectivity index (χ1n) is 8.86. The Labute approximate surface area is 147 Å². The van der Waals surface area contributed by atoms with Crippen LogP contribution in [0, 0.1) is 0 Å². The van der Waals surface area contributed by atoms with Gasteiger partial charge in [0.2, 0.25) is 0 Å². The Kier molecular flexibility index (Phi) is 4.94. The number of allylic oxidation sites excluding steroid dienone is 4. The average molecular weight is 348 g/mol. The number of hydrogen-bond acceptors (Lipinski definition) is 6. The van der Waals surface area contributed by atoms with Crippen molar-refractivity contribution in [1.29, 1.82) is 0 Å². The van der Waals surface area contributed by atoms with Crippen LogP contribution in [-0.4, -0.2) is 38.4 Å². The molecule has 0 saturated carbocycles. The van der Waals surface area contributed by atoms with Crippen molar-refractivity contribution < 1.29 is 28.4 Å². The Morgan fingerprint density at radius 2 is 1.20 bits per heavy atom. The zero-order chi connectivity index (χ0) is 17.0. The van der Waals surface area contributed by atoms with Gasteiger partial charge in [0.15, 0.2) is 25.2 Å². The van der Waals surface area contributed by atoms with Gasteiger partial charge < -0.3 is 28.4 Å². The molecule has 0 aromatic carbocycles. The van der Waals surface area contributed by atoms with Gasteiger partial charge in [0, 0.05) is 0 Å². The Bertz CT molecular complexity index is 543. The Morgan fingerprint density at radius 3 is 1.60 bits per heavy atom. The average Bonchev–Trinajstić information content (AvgIpc) is 2.59. The maximum absolute atomic E-state index is 5.82. The summed E-state index contributed by atoms with van der Waals surface area (Å²) in [7, 11) is 0. The SMILES string of the molecule is C1=CC2(CC(OCCCCCOC3=CC=CC4(C3)OCO4)=C1)OCO2. The topological polar surface area (TPSA) is 55.4 Å². The molecule has 0 radical (unpaired) electrons. The summed E-state index contributed by atoms with van der Waals surface area (Å²) in [6.07, 6.45) is 16.0. The van der Waals surface area contributed by atoms with Crippen molar-refractivity contribution in [2.24, 2.45) is 0 Å². The lowest BCUT2D eigenvalue weighted by Gasteiger charge is -2.40. The Hall–Kier alpha value is -1.60. The molecule has 2 fully saturated rings. The van der Waals surface area contributed by atoms with E-state index in [4.69, 9.17) is 28.4 Å². The van der Waals surface area contributed by atoms with Crippen molar-refractivity contribution in [3.05, 3.63) is 48.0 Å². The third-order valence-electron chi connectivity index (χ3n) is 4.68. The standard InChI is InChI=1S/C19H24O6/c1(2-10-20-16-6-4-8-18(12-16)22-14-23-18)3-11-21-17-7-5-9-19(13-17)24-15-25-19/h4-9H,1-3,10-15H2. The first-order valence-corrected chi connectivity index (χ1v) is 8.86. The molecule has 2 aliphatic heterocycles. The van der Waals surface area contributed by atoms with E-state index in [1.807, 2.05) is 36.5 Å².